The summed E-state index contributed by atoms with van der Waals surface area (Å²) in [6.45, 7) is 6.91. The van der Waals surface area contributed by atoms with Gasteiger partial charge in [0.15, 0.2) is 0 Å². The van der Waals surface area contributed by atoms with Crippen LogP contribution in [0.1, 0.15) is 47.7 Å². The molecule has 31 heavy (non-hydrogen) atoms. The lowest BCUT2D eigenvalue weighted by atomic mass is 10.1. The summed E-state index contributed by atoms with van der Waals surface area (Å²) in [6.07, 6.45) is 2.86. The number of nitrogens with one attached hydrogen (secondary N) is 1. The van der Waals surface area contributed by atoms with Crippen molar-refractivity contribution >= 4 is 17.5 Å². The van der Waals surface area contributed by atoms with Crippen LogP contribution >= 0.6 is 0 Å². The summed E-state index contributed by atoms with van der Waals surface area (Å²) in [7, 11) is 0. The largest absolute Gasteiger partial charge is 0.376 e. The average molecular weight is 422 g/mol. The number of anilines is 1. The van der Waals surface area contributed by atoms with E-state index >= 15 is 0 Å². The molecule has 2 amide bonds. The molecule has 4 rings (SSSR count). The number of carbonyl (C=O) groups excluding carboxylic acids is 2. The fraction of sp³-hybridized carbons (Fsp3) is 0.440. The maximum absolute atomic E-state index is 12.6. The summed E-state index contributed by atoms with van der Waals surface area (Å²) in [4.78, 5) is 28.9. The molecular weight excluding hydrogens is 390 g/mol. The van der Waals surface area contributed by atoms with Gasteiger partial charge in [0.2, 0.25) is 5.91 Å². The zero-order valence-electron chi connectivity index (χ0n) is 18.2. The first kappa shape index (κ1) is 21.5. The quantitative estimate of drug-likeness (QED) is 0.777. The molecule has 2 aliphatic heterocycles. The third kappa shape index (κ3) is 5.71. The third-order valence-corrected chi connectivity index (χ3v) is 5.94. The van der Waals surface area contributed by atoms with Crippen molar-refractivity contribution in [1.29, 1.82) is 0 Å². The Morgan fingerprint density at radius 1 is 1.10 bits per heavy atom. The van der Waals surface area contributed by atoms with Gasteiger partial charge in [-0.15, -0.1) is 0 Å². The van der Waals surface area contributed by atoms with Gasteiger partial charge in [0, 0.05) is 50.4 Å². The topological polar surface area (TPSA) is 61.9 Å². The molecule has 0 saturated carbocycles. The summed E-state index contributed by atoms with van der Waals surface area (Å²) < 4.78 is 5.61. The first-order chi connectivity index (χ1) is 15.1. The number of benzene rings is 2. The Labute approximate surface area is 184 Å². The summed E-state index contributed by atoms with van der Waals surface area (Å²) in [6, 6.07) is 15.7. The van der Waals surface area contributed by atoms with Crippen LogP contribution in [-0.4, -0.2) is 49.1 Å². The van der Waals surface area contributed by atoms with Crippen LogP contribution < -0.4 is 10.2 Å². The van der Waals surface area contributed by atoms with E-state index in [1.807, 2.05) is 29.2 Å². The Morgan fingerprint density at radius 3 is 2.68 bits per heavy atom. The Balaban J connectivity index is 1.31. The first-order valence-corrected chi connectivity index (χ1v) is 11.2. The predicted octanol–water partition coefficient (Wildman–Crippen LogP) is 3.35. The second kappa shape index (κ2) is 10.1. The SMILES string of the molecule is CC1CN(Cc2cccc(CNC(=O)c3ccc(N4CCCCC4=O)cc3)c2)CCO1. The number of ether oxygens (including phenoxy) is 1. The van der Waals surface area contributed by atoms with Crippen molar-refractivity contribution in [1.82, 2.24) is 10.2 Å². The Bertz CT molecular complexity index is 912. The van der Waals surface area contributed by atoms with Crippen molar-refractivity contribution in [3.63, 3.8) is 0 Å². The maximum Gasteiger partial charge on any atom is 0.251 e. The molecule has 2 aromatic carbocycles. The second-order valence-corrected chi connectivity index (χ2v) is 8.47. The van der Waals surface area contributed by atoms with E-state index in [0.29, 0.717) is 18.5 Å². The Hall–Kier alpha value is -2.70. The molecule has 0 spiro atoms. The van der Waals surface area contributed by atoms with Crippen LogP contribution in [0.15, 0.2) is 48.5 Å². The number of morpholine rings is 1. The number of nitrogens with zero attached hydrogens (tertiary/aromatic N) is 2. The number of carbonyl (C=O) groups is 2. The fourth-order valence-electron chi connectivity index (χ4n) is 4.29. The third-order valence-electron chi connectivity index (χ3n) is 5.94. The molecule has 0 bridgehead atoms. The molecular formula is C25H31N3O3. The standard InChI is InChI=1S/C25H31N3O3/c1-19-17-27(13-14-31-19)18-21-6-4-5-20(15-21)16-26-25(30)22-8-10-23(11-9-22)28-12-3-2-7-24(28)29/h4-6,8-11,15,19H,2-3,7,12-14,16-18H2,1H3,(H,26,30). The van der Waals surface area contributed by atoms with Gasteiger partial charge in [-0.05, 0) is 55.2 Å². The highest BCUT2D eigenvalue weighted by Crippen LogP contribution is 2.21. The second-order valence-electron chi connectivity index (χ2n) is 8.47. The lowest BCUT2D eigenvalue weighted by Gasteiger charge is -2.31. The zero-order valence-corrected chi connectivity index (χ0v) is 18.2. The van der Waals surface area contributed by atoms with E-state index in [0.717, 1.165) is 56.9 Å². The Morgan fingerprint density at radius 2 is 1.90 bits per heavy atom. The molecule has 6 heteroatoms. The molecule has 1 atom stereocenters. The lowest BCUT2D eigenvalue weighted by molar-refractivity contribution is -0.119. The lowest BCUT2D eigenvalue weighted by Crippen LogP contribution is -2.40. The van der Waals surface area contributed by atoms with Crippen molar-refractivity contribution in [2.45, 2.75) is 45.4 Å². The van der Waals surface area contributed by atoms with E-state index in [-0.39, 0.29) is 17.9 Å². The molecule has 1 unspecified atom stereocenters. The number of piperidine rings is 1. The molecule has 2 fully saturated rings. The van der Waals surface area contributed by atoms with Crippen molar-refractivity contribution in [2.24, 2.45) is 0 Å². The van der Waals surface area contributed by atoms with Crippen LogP contribution in [-0.2, 0) is 22.6 Å². The van der Waals surface area contributed by atoms with E-state index in [1.165, 1.54) is 5.56 Å². The molecule has 0 aromatic heterocycles. The fourth-order valence-corrected chi connectivity index (χ4v) is 4.29. The Kier molecular flexibility index (Phi) is 6.99. The van der Waals surface area contributed by atoms with Crippen molar-refractivity contribution in [3.8, 4) is 0 Å². The maximum atomic E-state index is 12.6. The van der Waals surface area contributed by atoms with Crippen LogP contribution in [0.2, 0.25) is 0 Å². The van der Waals surface area contributed by atoms with Gasteiger partial charge in [0.05, 0.1) is 12.7 Å². The molecule has 6 nitrogen and oxygen atoms in total. The monoisotopic (exact) mass is 421 g/mol. The van der Waals surface area contributed by atoms with Gasteiger partial charge in [-0.25, -0.2) is 0 Å². The minimum absolute atomic E-state index is 0.107. The number of hydrogen-bond acceptors (Lipinski definition) is 4. The van der Waals surface area contributed by atoms with Gasteiger partial charge in [0.25, 0.3) is 5.91 Å². The van der Waals surface area contributed by atoms with Crippen LogP contribution in [0.5, 0.6) is 0 Å². The average Bonchev–Trinajstić information content (AvgIpc) is 2.78. The highest BCUT2D eigenvalue weighted by atomic mass is 16.5. The molecule has 0 aliphatic carbocycles. The zero-order chi connectivity index (χ0) is 21.6. The number of rotatable bonds is 6. The molecule has 2 saturated heterocycles. The van der Waals surface area contributed by atoms with Crippen LogP contribution in [0.4, 0.5) is 5.69 Å². The molecule has 164 valence electrons. The highest BCUT2D eigenvalue weighted by Gasteiger charge is 2.20. The molecule has 2 aromatic rings. The van der Waals surface area contributed by atoms with Crippen molar-refractivity contribution in [2.75, 3.05) is 31.1 Å². The van der Waals surface area contributed by atoms with Crippen LogP contribution in [0, 0.1) is 0 Å². The van der Waals surface area contributed by atoms with E-state index < -0.39 is 0 Å². The molecule has 2 aliphatic rings. The summed E-state index contributed by atoms with van der Waals surface area (Å²) in [5.74, 6) is 0.0544. The first-order valence-electron chi connectivity index (χ1n) is 11.2. The van der Waals surface area contributed by atoms with E-state index in [4.69, 9.17) is 4.74 Å². The van der Waals surface area contributed by atoms with Crippen molar-refractivity contribution < 1.29 is 14.3 Å². The molecule has 2 heterocycles. The van der Waals surface area contributed by atoms with Gasteiger partial charge >= 0.3 is 0 Å². The normalized spacial score (nSPS) is 20.0. The number of hydrogen-bond donors (Lipinski definition) is 1. The number of amides is 2. The van der Waals surface area contributed by atoms with Gasteiger partial charge in [0.1, 0.15) is 0 Å². The predicted molar refractivity (Wildman–Crippen MR) is 121 cm³/mol. The summed E-state index contributed by atoms with van der Waals surface area (Å²) >= 11 is 0. The van der Waals surface area contributed by atoms with Gasteiger partial charge < -0.3 is 15.0 Å². The van der Waals surface area contributed by atoms with Crippen LogP contribution in [0.3, 0.4) is 0 Å². The van der Waals surface area contributed by atoms with E-state index in [1.54, 1.807) is 12.1 Å². The van der Waals surface area contributed by atoms with Crippen LogP contribution in [0.25, 0.3) is 0 Å². The highest BCUT2D eigenvalue weighted by molar-refractivity contribution is 5.96. The van der Waals surface area contributed by atoms with Crippen molar-refractivity contribution in [3.05, 3.63) is 65.2 Å². The molecule has 0 radical (unpaired) electrons. The summed E-state index contributed by atoms with van der Waals surface area (Å²) in [5.41, 5.74) is 3.80. The van der Waals surface area contributed by atoms with E-state index in [9.17, 15) is 9.59 Å². The molecule has 1 N–H and O–H groups in total. The minimum atomic E-state index is -0.107. The van der Waals surface area contributed by atoms with Gasteiger partial charge in [-0.1, -0.05) is 24.3 Å². The van der Waals surface area contributed by atoms with E-state index in [2.05, 4.69) is 29.3 Å². The minimum Gasteiger partial charge on any atom is -0.376 e. The summed E-state index contributed by atoms with van der Waals surface area (Å²) in [5, 5.41) is 3.01. The van der Waals surface area contributed by atoms with Gasteiger partial charge in [-0.3, -0.25) is 14.5 Å². The smallest absolute Gasteiger partial charge is 0.251 e. The van der Waals surface area contributed by atoms with Gasteiger partial charge in [-0.2, -0.15) is 0 Å².